The third-order valence-corrected chi connectivity index (χ3v) is 6.19. The Morgan fingerprint density at radius 1 is 1.03 bits per heavy atom. The topological polar surface area (TPSA) is 71.5 Å². The van der Waals surface area contributed by atoms with E-state index in [4.69, 9.17) is 5.10 Å². The normalized spacial score (nSPS) is 25.7. The van der Waals surface area contributed by atoms with Crippen molar-refractivity contribution in [1.29, 1.82) is 0 Å². The van der Waals surface area contributed by atoms with Gasteiger partial charge in [-0.05, 0) is 30.2 Å². The van der Waals surface area contributed by atoms with Gasteiger partial charge in [0.15, 0.2) is 6.29 Å². The molecule has 2 saturated heterocycles. The number of benzene rings is 2. The summed E-state index contributed by atoms with van der Waals surface area (Å²) in [6.45, 7) is 3.16. The van der Waals surface area contributed by atoms with Gasteiger partial charge in [0.05, 0.1) is 13.1 Å². The van der Waals surface area contributed by atoms with E-state index in [-0.39, 0.29) is 30.6 Å². The Balaban J connectivity index is 1.42. The fourth-order valence-electron chi connectivity index (χ4n) is 4.66. The van der Waals surface area contributed by atoms with Gasteiger partial charge >= 0.3 is 6.03 Å². The number of urea groups is 1. The van der Waals surface area contributed by atoms with Crippen LogP contribution in [0.25, 0.3) is 0 Å². The Morgan fingerprint density at radius 2 is 1.72 bits per heavy atom. The Labute approximate surface area is 185 Å². The molecule has 0 radical (unpaired) electrons. The largest absolute Gasteiger partial charge is 0.328 e. The zero-order valence-corrected chi connectivity index (χ0v) is 18.0. The van der Waals surface area contributed by atoms with Crippen molar-refractivity contribution in [3.05, 3.63) is 71.5 Å². The summed E-state index contributed by atoms with van der Waals surface area (Å²) in [5.41, 5.74) is 2.71. The van der Waals surface area contributed by atoms with Gasteiger partial charge in [0.2, 0.25) is 0 Å². The highest BCUT2D eigenvalue weighted by Gasteiger charge is 2.56. The van der Waals surface area contributed by atoms with Gasteiger partial charge in [0.1, 0.15) is 18.0 Å². The number of hydrazone groups is 1. The molecule has 2 aromatic carbocycles. The molecule has 0 aromatic heterocycles. The van der Waals surface area contributed by atoms with Gasteiger partial charge in [-0.15, -0.1) is 0 Å². The van der Waals surface area contributed by atoms with Gasteiger partial charge in [-0.1, -0.05) is 42.5 Å². The van der Waals surface area contributed by atoms with Crippen LogP contribution in [0.5, 0.6) is 0 Å². The summed E-state index contributed by atoms with van der Waals surface area (Å²) in [7, 11) is 1.70. The number of halogens is 1. The van der Waals surface area contributed by atoms with Crippen molar-refractivity contribution in [2.24, 2.45) is 5.10 Å². The fourth-order valence-corrected chi connectivity index (χ4v) is 4.66. The van der Waals surface area contributed by atoms with E-state index in [0.29, 0.717) is 18.7 Å². The molecule has 3 atom stereocenters. The van der Waals surface area contributed by atoms with E-state index < -0.39 is 12.2 Å². The lowest BCUT2D eigenvalue weighted by molar-refractivity contribution is -0.139. The molecule has 0 bridgehead atoms. The molecular formula is C23H25FN6O2. The number of fused-ring (bicyclic) bond motifs is 3. The summed E-state index contributed by atoms with van der Waals surface area (Å²) in [5.74, 6) is -0.613. The number of carbonyl (C=O) groups is 2. The molecule has 0 aliphatic carbocycles. The minimum absolute atomic E-state index is 0.102. The SMILES string of the molecule is CC1=NN(Cc2ccccc2)C2NC3C(C(=O)N(Cc4ccc(F)cc4)C(=O)N3C)N2C1. The van der Waals surface area contributed by atoms with Gasteiger partial charge in [-0.3, -0.25) is 20.0 Å². The van der Waals surface area contributed by atoms with Crippen LogP contribution in [0.1, 0.15) is 18.1 Å². The van der Waals surface area contributed by atoms with Crippen molar-refractivity contribution in [2.45, 2.75) is 38.5 Å². The Hall–Kier alpha value is -3.30. The summed E-state index contributed by atoms with van der Waals surface area (Å²) in [6, 6.07) is 15.0. The summed E-state index contributed by atoms with van der Waals surface area (Å²) in [4.78, 5) is 31.5. The van der Waals surface area contributed by atoms with Crippen LogP contribution in [0.2, 0.25) is 0 Å². The third kappa shape index (κ3) is 3.53. The summed E-state index contributed by atoms with van der Waals surface area (Å²) < 4.78 is 13.3. The first-order chi connectivity index (χ1) is 15.4. The molecule has 5 rings (SSSR count). The lowest BCUT2D eigenvalue weighted by atomic mass is 10.1. The fraction of sp³-hybridized carbons (Fsp3) is 0.348. The maximum Gasteiger partial charge on any atom is 0.328 e. The first-order valence-electron chi connectivity index (χ1n) is 10.6. The average Bonchev–Trinajstić information content (AvgIpc) is 3.17. The standard InChI is InChI=1S/C23H25FN6O2/c1-15-12-28-19-20(25-22(28)30(26-15)14-16-6-4-3-5-7-16)27(2)23(32)29(21(19)31)13-17-8-10-18(24)11-9-17/h3-11,19-20,22,25H,12-14H2,1-2H3. The lowest BCUT2D eigenvalue weighted by Gasteiger charge is -2.42. The van der Waals surface area contributed by atoms with Gasteiger partial charge in [0, 0.05) is 19.3 Å². The number of rotatable bonds is 4. The van der Waals surface area contributed by atoms with Crippen LogP contribution < -0.4 is 5.32 Å². The molecule has 3 amide bonds. The number of carbonyl (C=O) groups excluding carboxylic acids is 2. The monoisotopic (exact) mass is 436 g/mol. The van der Waals surface area contributed by atoms with E-state index in [1.807, 2.05) is 42.3 Å². The molecule has 32 heavy (non-hydrogen) atoms. The number of amides is 3. The summed E-state index contributed by atoms with van der Waals surface area (Å²) in [5, 5.41) is 10.1. The van der Waals surface area contributed by atoms with Crippen LogP contribution in [0.4, 0.5) is 9.18 Å². The molecular weight excluding hydrogens is 411 g/mol. The molecule has 2 fully saturated rings. The zero-order chi connectivity index (χ0) is 22.4. The molecule has 3 heterocycles. The van der Waals surface area contributed by atoms with Crippen molar-refractivity contribution >= 4 is 17.6 Å². The molecule has 9 heteroatoms. The van der Waals surface area contributed by atoms with Gasteiger partial charge in [0.25, 0.3) is 5.91 Å². The smallest absolute Gasteiger partial charge is 0.310 e. The van der Waals surface area contributed by atoms with Crippen molar-refractivity contribution in [2.75, 3.05) is 13.6 Å². The zero-order valence-electron chi connectivity index (χ0n) is 18.0. The molecule has 3 aliphatic rings. The van der Waals surface area contributed by atoms with Gasteiger partial charge in [-0.25, -0.2) is 14.1 Å². The molecule has 8 nitrogen and oxygen atoms in total. The van der Waals surface area contributed by atoms with Crippen LogP contribution in [0.15, 0.2) is 59.7 Å². The van der Waals surface area contributed by atoms with Crippen LogP contribution in [0.3, 0.4) is 0 Å². The number of imide groups is 1. The highest BCUT2D eigenvalue weighted by molar-refractivity contribution is 6.01. The Kier molecular flexibility index (Phi) is 5.15. The second kappa shape index (κ2) is 7.99. The predicted molar refractivity (Wildman–Crippen MR) is 116 cm³/mol. The number of nitrogens with one attached hydrogen (secondary N) is 1. The number of hydrogen-bond donors (Lipinski definition) is 1. The first kappa shape index (κ1) is 20.6. The van der Waals surface area contributed by atoms with E-state index in [1.165, 1.54) is 17.0 Å². The second-order valence-electron chi connectivity index (χ2n) is 8.47. The maximum atomic E-state index is 13.5. The van der Waals surface area contributed by atoms with Crippen molar-refractivity contribution in [3.8, 4) is 0 Å². The summed E-state index contributed by atoms with van der Waals surface area (Å²) in [6.07, 6.45) is -0.761. The lowest BCUT2D eigenvalue weighted by Crippen LogP contribution is -2.66. The molecule has 166 valence electrons. The summed E-state index contributed by atoms with van der Waals surface area (Å²) >= 11 is 0. The van der Waals surface area contributed by atoms with Crippen LogP contribution in [0, 0.1) is 5.82 Å². The van der Waals surface area contributed by atoms with Crippen LogP contribution >= 0.6 is 0 Å². The number of likely N-dealkylation sites (N-methyl/N-ethyl adjacent to an activating group) is 1. The quantitative estimate of drug-likeness (QED) is 0.794. The predicted octanol–water partition coefficient (Wildman–Crippen LogP) is 1.99. The highest BCUT2D eigenvalue weighted by Crippen LogP contribution is 2.31. The van der Waals surface area contributed by atoms with Gasteiger partial charge < -0.3 is 4.90 Å². The van der Waals surface area contributed by atoms with Crippen molar-refractivity contribution in [3.63, 3.8) is 0 Å². The van der Waals surface area contributed by atoms with E-state index in [9.17, 15) is 14.0 Å². The van der Waals surface area contributed by atoms with E-state index in [0.717, 1.165) is 11.3 Å². The van der Waals surface area contributed by atoms with Crippen molar-refractivity contribution < 1.29 is 14.0 Å². The molecule has 3 aliphatic heterocycles. The number of hydrogen-bond acceptors (Lipinski definition) is 6. The highest BCUT2D eigenvalue weighted by atomic mass is 19.1. The number of nitrogens with zero attached hydrogens (tertiary/aromatic N) is 5. The first-order valence-corrected chi connectivity index (χ1v) is 10.6. The molecule has 1 N–H and O–H groups in total. The second-order valence-corrected chi connectivity index (χ2v) is 8.47. The van der Waals surface area contributed by atoms with Crippen molar-refractivity contribution in [1.82, 2.24) is 25.0 Å². The maximum absolute atomic E-state index is 13.5. The van der Waals surface area contributed by atoms with E-state index in [1.54, 1.807) is 24.1 Å². The van der Waals surface area contributed by atoms with Crippen LogP contribution in [-0.2, 0) is 17.9 Å². The van der Waals surface area contributed by atoms with Gasteiger partial charge in [-0.2, -0.15) is 5.10 Å². The Bertz CT molecular complexity index is 1060. The molecule has 2 aromatic rings. The minimum Gasteiger partial charge on any atom is -0.310 e. The molecule has 3 unspecified atom stereocenters. The Morgan fingerprint density at radius 3 is 2.44 bits per heavy atom. The van der Waals surface area contributed by atoms with E-state index in [2.05, 4.69) is 10.2 Å². The molecule has 0 saturated carbocycles. The minimum atomic E-state index is -0.535. The van der Waals surface area contributed by atoms with E-state index >= 15 is 0 Å². The third-order valence-electron chi connectivity index (χ3n) is 6.19. The molecule has 0 spiro atoms. The average molecular weight is 436 g/mol. The van der Waals surface area contributed by atoms with Crippen LogP contribution in [-0.4, -0.2) is 69.4 Å².